The second-order valence-electron chi connectivity index (χ2n) is 7.40. The molecule has 3 aromatic rings. The SMILES string of the molecule is CC(C)C(NC(=O)CCCc1nc(-c2cccs2)no1)c1nc(C2CC2)no1. The van der Waals surface area contributed by atoms with Gasteiger partial charge in [-0.1, -0.05) is 30.2 Å². The Morgan fingerprint density at radius 2 is 2.14 bits per heavy atom. The Morgan fingerprint density at radius 3 is 2.86 bits per heavy atom. The molecule has 1 fully saturated rings. The minimum atomic E-state index is -0.277. The van der Waals surface area contributed by atoms with Gasteiger partial charge in [0.25, 0.3) is 0 Å². The van der Waals surface area contributed by atoms with Gasteiger partial charge in [-0.3, -0.25) is 4.79 Å². The maximum Gasteiger partial charge on any atom is 0.249 e. The van der Waals surface area contributed by atoms with Gasteiger partial charge in [-0.25, -0.2) is 0 Å². The number of hydrogen-bond donors (Lipinski definition) is 1. The van der Waals surface area contributed by atoms with Crippen LogP contribution in [-0.4, -0.2) is 26.2 Å². The fraction of sp³-hybridized carbons (Fsp3) is 0.526. The summed E-state index contributed by atoms with van der Waals surface area (Å²) in [5.41, 5.74) is 0. The van der Waals surface area contributed by atoms with Crippen molar-refractivity contribution in [2.75, 3.05) is 0 Å². The zero-order valence-electron chi connectivity index (χ0n) is 15.9. The molecule has 0 radical (unpaired) electrons. The molecule has 1 unspecified atom stereocenters. The van der Waals surface area contributed by atoms with E-state index in [4.69, 9.17) is 9.05 Å². The van der Waals surface area contributed by atoms with Crippen molar-refractivity contribution >= 4 is 17.2 Å². The normalized spacial score (nSPS) is 15.1. The first kappa shape index (κ1) is 18.8. The van der Waals surface area contributed by atoms with E-state index in [0.717, 1.165) is 23.5 Å². The van der Waals surface area contributed by atoms with E-state index in [0.29, 0.717) is 42.8 Å². The summed E-state index contributed by atoms with van der Waals surface area (Å²) in [6.07, 6.45) is 3.77. The number of nitrogens with zero attached hydrogens (tertiary/aromatic N) is 4. The summed E-state index contributed by atoms with van der Waals surface area (Å²) in [5.74, 6) is 2.91. The van der Waals surface area contributed by atoms with Crippen molar-refractivity contribution in [1.82, 2.24) is 25.6 Å². The molecule has 1 aliphatic carbocycles. The largest absolute Gasteiger partial charge is 0.344 e. The van der Waals surface area contributed by atoms with E-state index in [1.807, 2.05) is 31.4 Å². The topological polar surface area (TPSA) is 107 Å². The van der Waals surface area contributed by atoms with Crippen LogP contribution in [0.15, 0.2) is 26.6 Å². The lowest BCUT2D eigenvalue weighted by Gasteiger charge is -2.18. The molecule has 0 saturated heterocycles. The predicted molar refractivity (Wildman–Crippen MR) is 103 cm³/mol. The Balaban J connectivity index is 1.28. The van der Waals surface area contributed by atoms with Gasteiger partial charge >= 0.3 is 0 Å². The van der Waals surface area contributed by atoms with Crippen LogP contribution in [0.4, 0.5) is 0 Å². The van der Waals surface area contributed by atoms with Gasteiger partial charge in [-0.05, 0) is 36.6 Å². The first-order valence-corrected chi connectivity index (χ1v) is 10.5. The highest BCUT2D eigenvalue weighted by molar-refractivity contribution is 7.13. The summed E-state index contributed by atoms with van der Waals surface area (Å²) in [6.45, 7) is 4.05. The van der Waals surface area contributed by atoms with Crippen molar-refractivity contribution in [1.29, 1.82) is 0 Å². The summed E-state index contributed by atoms with van der Waals surface area (Å²) in [7, 11) is 0. The average Bonchev–Trinajstić information content (AvgIpc) is 3.10. The lowest BCUT2D eigenvalue weighted by Crippen LogP contribution is -2.31. The molecule has 0 spiro atoms. The number of carbonyl (C=O) groups excluding carboxylic acids is 1. The smallest absolute Gasteiger partial charge is 0.249 e. The number of thiophene rings is 1. The number of amides is 1. The molecule has 4 rings (SSSR count). The van der Waals surface area contributed by atoms with Gasteiger partial charge in [-0.2, -0.15) is 9.97 Å². The van der Waals surface area contributed by atoms with E-state index in [9.17, 15) is 4.79 Å². The third-order valence-corrected chi connectivity index (χ3v) is 5.52. The highest BCUT2D eigenvalue weighted by Gasteiger charge is 2.31. The fourth-order valence-electron chi connectivity index (χ4n) is 2.90. The molecule has 8 nitrogen and oxygen atoms in total. The first-order valence-electron chi connectivity index (χ1n) is 9.59. The van der Waals surface area contributed by atoms with Gasteiger partial charge in [0, 0.05) is 18.8 Å². The summed E-state index contributed by atoms with van der Waals surface area (Å²) in [6, 6.07) is 3.62. The molecule has 28 heavy (non-hydrogen) atoms. The Bertz CT molecular complexity index is 914. The van der Waals surface area contributed by atoms with Gasteiger partial charge in [0.15, 0.2) is 5.82 Å². The third kappa shape index (κ3) is 4.46. The predicted octanol–water partition coefficient (Wildman–Crippen LogP) is 3.89. The van der Waals surface area contributed by atoms with Crippen molar-refractivity contribution in [3.05, 3.63) is 35.1 Å². The van der Waals surface area contributed by atoms with Crippen molar-refractivity contribution in [2.45, 2.75) is 57.9 Å². The van der Waals surface area contributed by atoms with E-state index >= 15 is 0 Å². The number of aryl methyl sites for hydroxylation is 1. The van der Waals surface area contributed by atoms with Crippen LogP contribution in [0.2, 0.25) is 0 Å². The quantitative estimate of drug-likeness (QED) is 0.579. The summed E-state index contributed by atoms with van der Waals surface area (Å²) in [5, 5.41) is 13.0. The molecule has 1 saturated carbocycles. The van der Waals surface area contributed by atoms with Crippen LogP contribution in [-0.2, 0) is 11.2 Å². The minimum absolute atomic E-state index is 0.0529. The molecule has 3 aromatic heterocycles. The Labute approximate surface area is 166 Å². The molecule has 1 N–H and O–H groups in total. The Kier molecular flexibility index (Phi) is 5.52. The molecule has 1 aliphatic rings. The summed E-state index contributed by atoms with van der Waals surface area (Å²) >= 11 is 1.56. The lowest BCUT2D eigenvalue weighted by molar-refractivity contribution is -0.122. The van der Waals surface area contributed by atoms with Crippen LogP contribution >= 0.6 is 11.3 Å². The van der Waals surface area contributed by atoms with Gasteiger partial charge in [0.2, 0.25) is 23.5 Å². The Morgan fingerprint density at radius 1 is 1.29 bits per heavy atom. The molecular formula is C19H23N5O3S. The first-order chi connectivity index (χ1) is 13.6. The standard InChI is InChI=1S/C19H23N5O3S/c1-11(2)16(19-22-17(23-27-19)12-8-9-12)20-14(25)6-3-7-15-21-18(24-26-15)13-5-4-10-28-13/h4-5,10-12,16H,3,6-9H2,1-2H3,(H,20,25). The number of hydrogen-bond acceptors (Lipinski definition) is 8. The van der Waals surface area contributed by atoms with Crippen molar-refractivity contribution in [2.24, 2.45) is 5.92 Å². The fourth-order valence-corrected chi connectivity index (χ4v) is 3.55. The second kappa shape index (κ2) is 8.22. The van der Waals surface area contributed by atoms with Gasteiger partial charge in [-0.15, -0.1) is 11.3 Å². The average molecular weight is 401 g/mol. The van der Waals surface area contributed by atoms with Crippen molar-refractivity contribution < 1.29 is 13.8 Å². The molecule has 0 aliphatic heterocycles. The van der Waals surface area contributed by atoms with Crippen LogP contribution < -0.4 is 5.32 Å². The van der Waals surface area contributed by atoms with Crippen LogP contribution in [0.1, 0.15) is 69.1 Å². The molecule has 148 valence electrons. The number of nitrogens with one attached hydrogen (secondary N) is 1. The van der Waals surface area contributed by atoms with E-state index in [-0.39, 0.29) is 17.9 Å². The van der Waals surface area contributed by atoms with Gasteiger partial charge in [0.05, 0.1) is 4.88 Å². The highest BCUT2D eigenvalue weighted by atomic mass is 32.1. The van der Waals surface area contributed by atoms with Crippen LogP contribution in [0.25, 0.3) is 10.7 Å². The highest BCUT2D eigenvalue weighted by Crippen LogP contribution is 2.38. The molecular weight excluding hydrogens is 378 g/mol. The summed E-state index contributed by atoms with van der Waals surface area (Å²) in [4.78, 5) is 22.2. The third-order valence-electron chi connectivity index (χ3n) is 4.65. The zero-order valence-corrected chi connectivity index (χ0v) is 16.7. The second-order valence-corrected chi connectivity index (χ2v) is 8.34. The Hall–Kier alpha value is -2.55. The molecule has 0 bridgehead atoms. The van der Waals surface area contributed by atoms with Crippen molar-refractivity contribution in [3.63, 3.8) is 0 Å². The monoisotopic (exact) mass is 401 g/mol. The van der Waals surface area contributed by atoms with Gasteiger partial charge < -0.3 is 14.4 Å². The van der Waals surface area contributed by atoms with E-state index in [1.165, 1.54) is 0 Å². The van der Waals surface area contributed by atoms with Crippen LogP contribution in [0.5, 0.6) is 0 Å². The van der Waals surface area contributed by atoms with Gasteiger partial charge in [0.1, 0.15) is 6.04 Å². The summed E-state index contributed by atoms with van der Waals surface area (Å²) < 4.78 is 10.7. The van der Waals surface area contributed by atoms with Crippen molar-refractivity contribution in [3.8, 4) is 10.7 Å². The van der Waals surface area contributed by atoms with E-state index < -0.39 is 0 Å². The lowest BCUT2D eigenvalue weighted by atomic mass is 10.0. The molecule has 0 aromatic carbocycles. The molecule has 1 atom stereocenters. The van der Waals surface area contributed by atoms with Crippen LogP contribution in [0.3, 0.4) is 0 Å². The number of carbonyl (C=O) groups is 1. The molecule has 3 heterocycles. The zero-order chi connectivity index (χ0) is 19.5. The maximum absolute atomic E-state index is 12.4. The molecule has 1 amide bonds. The maximum atomic E-state index is 12.4. The van der Waals surface area contributed by atoms with E-state index in [2.05, 4.69) is 25.6 Å². The molecule has 9 heteroatoms. The van der Waals surface area contributed by atoms with E-state index in [1.54, 1.807) is 11.3 Å². The number of rotatable bonds is 9. The minimum Gasteiger partial charge on any atom is -0.344 e. The van der Waals surface area contributed by atoms with Crippen LogP contribution in [0, 0.1) is 5.92 Å². The number of aromatic nitrogens is 4.